The van der Waals surface area contributed by atoms with Crippen LogP contribution in [0.5, 0.6) is 0 Å². The number of carboxylic acids is 1. The van der Waals surface area contributed by atoms with E-state index in [1.807, 2.05) is 19.9 Å². The highest BCUT2D eigenvalue weighted by atomic mass is 16.4. The van der Waals surface area contributed by atoms with Crippen LogP contribution in [0.1, 0.15) is 17.8 Å². The summed E-state index contributed by atoms with van der Waals surface area (Å²) in [4.78, 5) is 37.0. The average Bonchev–Trinajstić information content (AvgIpc) is 2.82. The lowest BCUT2D eigenvalue weighted by Gasteiger charge is -2.33. The molecule has 1 aliphatic rings. The fourth-order valence-electron chi connectivity index (χ4n) is 2.56. The van der Waals surface area contributed by atoms with Crippen LogP contribution in [0.25, 0.3) is 0 Å². The Morgan fingerprint density at radius 2 is 1.73 bits per heavy atom. The summed E-state index contributed by atoms with van der Waals surface area (Å²) in [5.74, 6) is -2.37. The Morgan fingerprint density at radius 3 is 2.23 bits per heavy atom. The highest BCUT2D eigenvalue weighted by molar-refractivity contribution is 6.31. The van der Waals surface area contributed by atoms with E-state index in [4.69, 9.17) is 5.11 Å². The van der Waals surface area contributed by atoms with Crippen LogP contribution in [-0.2, 0) is 20.9 Å². The van der Waals surface area contributed by atoms with Crippen molar-refractivity contribution in [2.24, 2.45) is 0 Å². The first-order valence-corrected chi connectivity index (χ1v) is 7.19. The number of hydrogen-bond donors (Lipinski definition) is 1. The molecule has 1 aliphatic heterocycles. The molecule has 8 heteroatoms. The lowest BCUT2D eigenvalue weighted by atomic mass is 10.2. The fourth-order valence-corrected chi connectivity index (χ4v) is 2.56. The van der Waals surface area contributed by atoms with Crippen molar-refractivity contribution >= 4 is 17.8 Å². The van der Waals surface area contributed by atoms with E-state index in [-0.39, 0.29) is 19.0 Å². The molecule has 0 aliphatic carbocycles. The molecule has 1 N–H and O–H groups in total. The SMILES string of the molecule is Cc1cc(C)n(CCC(=O)N2CCN(C(=O)C(=O)O)CC2)n1. The lowest BCUT2D eigenvalue weighted by Crippen LogP contribution is -2.52. The molecule has 8 nitrogen and oxygen atoms in total. The second-order valence-corrected chi connectivity index (χ2v) is 5.38. The molecule has 2 heterocycles. The van der Waals surface area contributed by atoms with Gasteiger partial charge in [0.1, 0.15) is 0 Å². The molecule has 0 bridgehead atoms. The molecule has 0 spiro atoms. The normalized spacial score (nSPS) is 15.0. The summed E-state index contributed by atoms with van der Waals surface area (Å²) in [7, 11) is 0. The van der Waals surface area contributed by atoms with Gasteiger partial charge in [-0.3, -0.25) is 14.3 Å². The summed E-state index contributed by atoms with van der Waals surface area (Å²) in [6.45, 7) is 5.63. The second-order valence-electron chi connectivity index (χ2n) is 5.38. The van der Waals surface area contributed by atoms with E-state index in [1.165, 1.54) is 4.90 Å². The van der Waals surface area contributed by atoms with Gasteiger partial charge in [0.15, 0.2) is 0 Å². The molecule has 0 unspecified atom stereocenters. The molecule has 2 amide bonds. The van der Waals surface area contributed by atoms with E-state index in [1.54, 1.807) is 9.58 Å². The molecule has 120 valence electrons. The van der Waals surface area contributed by atoms with Gasteiger partial charge in [0.2, 0.25) is 5.91 Å². The van der Waals surface area contributed by atoms with Crippen LogP contribution >= 0.6 is 0 Å². The molecule has 22 heavy (non-hydrogen) atoms. The van der Waals surface area contributed by atoms with Crippen LogP contribution in [0.3, 0.4) is 0 Å². The second kappa shape index (κ2) is 6.59. The number of rotatable bonds is 3. The van der Waals surface area contributed by atoms with Crippen molar-refractivity contribution in [1.29, 1.82) is 0 Å². The zero-order chi connectivity index (χ0) is 16.3. The lowest BCUT2D eigenvalue weighted by molar-refractivity contribution is -0.157. The van der Waals surface area contributed by atoms with Gasteiger partial charge >= 0.3 is 11.9 Å². The minimum atomic E-state index is -1.45. The molecule has 0 atom stereocenters. The maximum absolute atomic E-state index is 12.2. The molecule has 1 aromatic heterocycles. The van der Waals surface area contributed by atoms with Crippen LogP contribution in [0, 0.1) is 13.8 Å². The number of aromatic nitrogens is 2. The van der Waals surface area contributed by atoms with Gasteiger partial charge in [0, 0.05) is 44.8 Å². The molecule has 0 saturated carbocycles. The fraction of sp³-hybridized carbons (Fsp3) is 0.571. The Labute approximate surface area is 128 Å². The minimum Gasteiger partial charge on any atom is -0.474 e. The number of carbonyl (C=O) groups is 3. The molecule has 1 aromatic rings. The van der Waals surface area contributed by atoms with Crippen LogP contribution in [0.15, 0.2) is 6.07 Å². The van der Waals surface area contributed by atoms with Gasteiger partial charge in [0.25, 0.3) is 0 Å². The number of carbonyl (C=O) groups excluding carboxylic acids is 2. The van der Waals surface area contributed by atoms with Crippen molar-refractivity contribution in [2.45, 2.75) is 26.8 Å². The monoisotopic (exact) mass is 308 g/mol. The number of amides is 2. The first kappa shape index (κ1) is 16.0. The van der Waals surface area contributed by atoms with Crippen LogP contribution < -0.4 is 0 Å². The standard InChI is InChI=1S/C14H20N4O4/c1-10-9-11(2)18(15-10)4-3-12(19)16-5-7-17(8-6-16)13(20)14(21)22/h9H,3-8H2,1-2H3,(H,21,22). The average molecular weight is 308 g/mol. The van der Waals surface area contributed by atoms with Gasteiger partial charge < -0.3 is 14.9 Å². The third kappa shape index (κ3) is 3.63. The molecular formula is C14H20N4O4. The maximum Gasteiger partial charge on any atom is 0.394 e. The van der Waals surface area contributed by atoms with Crippen molar-refractivity contribution in [3.63, 3.8) is 0 Å². The van der Waals surface area contributed by atoms with Crippen LogP contribution in [-0.4, -0.2) is 68.6 Å². The van der Waals surface area contributed by atoms with Gasteiger partial charge in [-0.25, -0.2) is 4.79 Å². The third-order valence-corrected chi connectivity index (χ3v) is 3.74. The van der Waals surface area contributed by atoms with Crippen molar-refractivity contribution in [1.82, 2.24) is 19.6 Å². The van der Waals surface area contributed by atoms with E-state index in [9.17, 15) is 14.4 Å². The van der Waals surface area contributed by atoms with Crippen LogP contribution in [0.4, 0.5) is 0 Å². The first-order chi connectivity index (χ1) is 10.4. The predicted octanol–water partition coefficient (Wildman–Crippen LogP) is -0.355. The Bertz CT molecular complexity index is 588. The molecule has 1 fully saturated rings. The zero-order valence-corrected chi connectivity index (χ0v) is 12.8. The highest BCUT2D eigenvalue weighted by Crippen LogP contribution is 2.07. The van der Waals surface area contributed by atoms with Gasteiger partial charge in [-0.1, -0.05) is 0 Å². The number of nitrogens with zero attached hydrogens (tertiary/aromatic N) is 4. The minimum absolute atomic E-state index is 0.00465. The Balaban J connectivity index is 1.81. The van der Waals surface area contributed by atoms with E-state index in [2.05, 4.69) is 5.10 Å². The van der Waals surface area contributed by atoms with Crippen LogP contribution in [0.2, 0.25) is 0 Å². The Morgan fingerprint density at radius 1 is 1.14 bits per heavy atom. The summed E-state index contributed by atoms with van der Waals surface area (Å²) >= 11 is 0. The van der Waals surface area contributed by atoms with Crippen molar-refractivity contribution in [2.75, 3.05) is 26.2 Å². The number of hydrogen-bond acceptors (Lipinski definition) is 4. The molecule has 0 radical (unpaired) electrons. The summed E-state index contributed by atoms with van der Waals surface area (Å²) in [6, 6.07) is 1.96. The van der Waals surface area contributed by atoms with E-state index < -0.39 is 11.9 Å². The van der Waals surface area contributed by atoms with Gasteiger partial charge in [-0.2, -0.15) is 5.10 Å². The summed E-state index contributed by atoms with van der Waals surface area (Å²) in [5.41, 5.74) is 1.94. The quantitative estimate of drug-likeness (QED) is 0.770. The number of aliphatic carboxylic acids is 1. The number of carboxylic acid groups (broad SMARTS) is 1. The molecular weight excluding hydrogens is 288 g/mol. The summed E-state index contributed by atoms with van der Waals surface area (Å²) < 4.78 is 1.80. The maximum atomic E-state index is 12.2. The van der Waals surface area contributed by atoms with Gasteiger partial charge in [-0.05, 0) is 19.9 Å². The third-order valence-electron chi connectivity index (χ3n) is 3.74. The van der Waals surface area contributed by atoms with E-state index in [0.717, 1.165) is 11.4 Å². The molecule has 1 saturated heterocycles. The van der Waals surface area contributed by atoms with E-state index in [0.29, 0.717) is 26.1 Å². The first-order valence-electron chi connectivity index (χ1n) is 7.19. The number of piperazine rings is 1. The zero-order valence-electron chi connectivity index (χ0n) is 12.8. The Hall–Kier alpha value is -2.38. The van der Waals surface area contributed by atoms with Gasteiger partial charge in [0.05, 0.1) is 5.69 Å². The number of aryl methyl sites for hydroxylation is 3. The van der Waals surface area contributed by atoms with Crippen molar-refractivity contribution < 1.29 is 19.5 Å². The summed E-state index contributed by atoms with van der Waals surface area (Å²) in [5, 5.41) is 13.0. The largest absolute Gasteiger partial charge is 0.474 e. The summed E-state index contributed by atoms with van der Waals surface area (Å²) in [6.07, 6.45) is 0.342. The predicted molar refractivity (Wildman–Crippen MR) is 77.1 cm³/mol. The van der Waals surface area contributed by atoms with E-state index >= 15 is 0 Å². The highest BCUT2D eigenvalue weighted by Gasteiger charge is 2.27. The van der Waals surface area contributed by atoms with Crippen molar-refractivity contribution in [3.05, 3.63) is 17.5 Å². The molecule has 2 rings (SSSR count). The molecule has 0 aromatic carbocycles. The topological polar surface area (TPSA) is 95.7 Å². The Kier molecular flexibility index (Phi) is 4.79. The van der Waals surface area contributed by atoms with Crippen molar-refractivity contribution in [3.8, 4) is 0 Å². The smallest absolute Gasteiger partial charge is 0.394 e. The van der Waals surface area contributed by atoms with Gasteiger partial charge in [-0.15, -0.1) is 0 Å².